The summed E-state index contributed by atoms with van der Waals surface area (Å²) in [4.78, 5) is 14.8. The summed E-state index contributed by atoms with van der Waals surface area (Å²) in [6.07, 6.45) is 0.961. The lowest BCUT2D eigenvalue weighted by molar-refractivity contribution is 0.0691. The molecule has 6 nitrogen and oxygen atoms in total. The normalized spacial score (nSPS) is 11.6. The summed E-state index contributed by atoms with van der Waals surface area (Å²) >= 11 is 11.9. The van der Waals surface area contributed by atoms with E-state index in [1.165, 1.54) is 18.2 Å². The molecule has 0 radical (unpaired) electrons. The van der Waals surface area contributed by atoms with Crippen LogP contribution >= 0.6 is 23.2 Å². The van der Waals surface area contributed by atoms with Gasteiger partial charge in [0.1, 0.15) is 5.69 Å². The van der Waals surface area contributed by atoms with Gasteiger partial charge in [-0.3, -0.25) is 4.72 Å². The fraction of sp³-hybridized carbons (Fsp3) is 0.0909. The number of carboxylic acid groups (broad SMARTS) is 1. The van der Waals surface area contributed by atoms with Crippen molar-refractivity contribution in [3.05, 3.63) is 33.9 Å². The van der Waals surface area contributed by atoms with Crippen molar-refractivity contribution in [2.24, 2.45) is 0 Å². The molecule has 2 N–H and O–H groups in total. The maximum atomic E-state index is 11.3. The molecule has 0 aliphatic rings. The highest BCUT2D eigenvalue weighted by Crippen LogP contribution is 2.35. The van der Waals surface area contributed by atoms with Gasteiger partial charge in [-0.1, -0.05) is 23.2 Å². The lowest BCUT2D eigenvalue weighted by atomic mass is 10.1. The molecule has 20 heavy (non-hydrogen) atoms. The Labute approximate surface area is 124 Å². The highest BCUT2D eigenvalue weighted by molar-refractivity contribution is 7.92. The maximum Gasteiger partial charge on any atom is 0.354 e. The van der Waals surface area contributed by atoms with Crippen LogP contribution in [0, 0.1) is 0 Å². The number of carboxylic acids is 1. The van der Waals surface area contributed by atoms with E-state index in [4.69, 9.17) is 28.3 Å². The zero-order chi connectivity index (χ0) is 15.1. The molecular formula is C11H8Cl2N2O4S. The molecule has 0 saturated heterocycles. The minimum absolute atomic E-state index is 0.0694. The fourth-order valence-electron chi connectivity index (χ4n) is 1.63. The van der Waals surface area contributed by atoms with Crippen LogP contribution in [0.3, 0.4) is 0 Å². The first-order valence-electron chi connectivity index (χ1n) is 5.19. The number of hydrogen-bond donors (Lipinski definition) is 2. The van der Waals surface area contributed by atoms with Crippen molar-refractivity contribution in [2.45, 2.75) is 0 Å². The molecule has 0 amide bonds. The van der Waals surface area contributed by atoms with E-state index in [0.29, 0.717) is 5.39 Å². The molecular weight excluding hydrogens is 327 g/mol. The number of pyridine rings is 1. The van der Waals surface area contributed by atoms with Gasteiger partial charge in [-0.2, -0.15) is 0 Å². The average Bonchev–Trinajstić information content (AvgIpc) is 2.33. The number of anilines is 1. The molecule has 1 heterocycles. The van der Waals surface area contributed by atoms with E-state index in [0.717, 1.165) is 6.26 Å². The number of rotatable bonds is 3. The minimum atomic E-state index is -3.57. The number of halogens is 2. The first-order chi connectivity index (χ1) is 9.19. The number of sulfonamides is 1. The molecule has 0 fully saturated rings. The van der Waals surface area contributed by atoms with Crippen LogP contribution in [-0.2, 0) is 10.0 Å². The number of benzene rings is 1. The van der Waals surface area contributed by atoms with Crippen LogP contribution in [0.5, 0.6) is 0 Å². The van der Waals surface area contributed by atoms with E-state index >= 15 is 0 Å². The number of nitrogens with one attached hydrogen (secondary N) is 1. The Hall–Kier alpha value is -1.57. The van der Waals surface area contributed by atoms with Crippen molar-refractivity contribution in [2.75, 3.05) is 11.0 Å². The standard InChI is InChI=1S/C11H8Cl2N2O4S/c1-20(18,19)15-8-4-6(12)9(13)5-2-3-7(11(16)17)14-10(5)8/h2-4,15H,1H3,(H,16,17). The first-order valence-corrected chi connectivity index (χ1v) is 7.83. The van der Waals surface area contributed by atoms with Gasteiger partial charge < -0.3 is 5.11 Å². The Bertz CT molecular complexity index is 821. The summed E-state index contributed by atoms with van der Waals surface area (Å²) in [6.45, 7) is 0. The number of hydrogen-bond acceptors (Lipinski definition) is 4. The molecule has 0 spiro atoms. The van der Waals surface area contributed by atoms with Crippen molar-refractivity contribution in [3.8, 4) is 0 Å². The quantitative estimate of drug-likeness (QED) is 0.899. The summed E-state index contributed by atoms with van der Waals surface area (Å²) < 4.78 is 24.9. The van der Waals surface area contributed by atoms with Crippen LogP contribution in [0.1, 0.15) is 10.5 Å². The number of carbonyl (C=O) groups is 1. The van der Waals surface area contributed by atoms with E-state index in [1.807, 2.05) is 0 Å². The van der Waals surface area contributed by atoms with Crippen molar-refractivity contribution in [3.63, 3.8) is 0 Å². The topological polar surface area (TPSA) is 96.4 Å². The van der Waals surface area contributed by atoms with Crippen molar-refractivity contribution >= 4 is 55.8 Å². The molecule has 0 saturated carbocycles. The lowest BCUT2D eigenvalue weighted by Crippen LogP contribution is -2.11. The van der Waals surface area contributed by atoms with Gasteiger partial charge in [0, 0.05) is 5.39 Å². The van der Waals surface area contributed by atoms with Crippen molar-refractivity contribution in [1.82, 2.24) is 4.98 Å². The molecule has 0 unspecified atom stereocenters. The van der Waals surface area contributed by atoms with Gasteiger partial charge in [0.25, 0.3) is 0 Å². The molecule has 2 aromatic rings. The summed E-state index contributed by atoms with van der Waals surface area (Å²) in [5.74, 6) is -1.23. The van der Waals surface area contributed by atoms with E-state index in [1.54, 1.807) is 0 Å². The van der Waals surface area contributed by atoms with E-state index in [9.17, 15) is 13.2 Å². The van der Waals surface area contributed by atoms with Crippen LogP contribution in [0.25, 0.3) is 10.9 Å². The van der Waals surface area contributed by atoms with Crippen LogP contribution in [0.4, 0.5) is 5.69 Å². The second-order valence-corrected chi connectivity index (χ2v) is 6.53. The monoisotopic (exact) mass is 334 g/mol. The molecule has 0 aliphatic heterocycles. The van der Waals surface area contributed by atoms with Gasteiger partial charge in [0.2, 0.25) is 10.0 Å². The van der Waals surface area contributed by atoms with E-state index in [-0.39, 0.29) is 26.9 Å². The van der Waals surface area contributed by atoms with Gasteiger partial charge in [0.15, 0.2) is 0 Å². The summed E-state index contributed by atoms with van der Waals surface area (Å²) in [7, 11) is -3.57. The zero-order valence-corrected chi connectivity index (χ0v) is 12.3. The summed E-state index contributed by atoms with van der Waals surface area (Å²) in [5.41, 5.74) is -0.0443. The summed E-state index contributed by atoms with van der Waals surface area (Å²) in [5, 5.41) is 9.59. The Morgan fingerprint density at radius 2 is 2.00 bits per heavy atom. The van der Waals surface area contributed by atoms with E-state index in [2.05, 4.69) is 9.71 Å². The van der Waals surface area contributed by atoms with Gasteiger partial charge in [0.05, 0.1) is 27.5 Å². The number of aromatic nitrogens is 1. The highest BCUT2D eigenvalue weighted by atomic mass is 35.5. The minimum Gasteiger partial charge on any atom is -0.477 e. The van der Waals surface area contributed by atoms with Crippen LogP contribution in [0.2, 0.25) is 10.0 Å². The lowest BCUT2D eigenvalue weighted by Gasteiger charge is -2.10. The molecule has 1 aromatic heterocycles. The van der Waals surface area contributed by atoms with Gasteiger partial charge >= 0.3 is 5.97 Å². The molecule has 1 aromatic carbocycles. The van der Waals surface area contributed by atoms with Crippen molar-refractivity contribution in [1.29, 1.82) is 0 Å². The molecule has 0 bridgehead atoms. The van der Waals surface area contributed by atoms with Crippen LogP contribution in [-0.4, -0.2) is 30.7 Å². The number of fused-ring (bicyclic) bond motifs is 1. The predicted molar refractivity (Wildman–Crippen MR) is 77.2 cm³/mol. The summed E-state index contributed by atoms with van der Waals surface area (Å²) in [6, 6.07) is 3.97. The SMILES string of the molecule is CS(=O)(=O)Nc1cc(Cl)c(Cl)c2ccc(C(=O)O)nc12. The Morgan fingerprint density at radius 1 is 1.35 bits per heavy atom. The fourth-order valence-corrected chi connectivity index (χ4v) is 2.60. The average molecular weight is 335 g/mol. The van der Waals surface area contributed by atoms with Crippen LogP contribution in [0.15, 0.2) is 18.2 Å². The predicted octanol–water partition coefficient (Wildman–Crippen LogP) is 2.61. The second kappa shape index (κ2) is 5.08. The largest absolute Gasteiger partial charge is 0.477 e. The van der Waals surface area contributed by atoms with Crippen molar-refractivity contribution < 1.29 is 18.3 Å². The Morgan fingerprint density at radius 3 is 2.55 bits per heavy atom. The highest BCUT2D eigenvalue weighted by Gasteiger charge is 2.15. The molecule has 2 rings (SSSR count). The smallest absolute Gasteiger partial charge is 0.354 e. The van der Waals surface area contributed by atoms with E-state index < -0.39 is 16.0 Å². The number of aromatic carboxylic acids is 1. The first kappa shape index (κ1) is 14.8. The second-order valence-electron chi connectivity index (χ2n) is 3.99. The van der Waals surface area contributed by atoms with Gasteiger partial charge in [-0.25, -0.2) is 18.2 Å². The zero-order valence-electron chi connectivity index (χ0n) is 10.0. The molecule has 0 aliphatic carbocycles. The Balaban J connectivity index is 2.81. The number of nitrogens with zero attached hydrogens (tertiary/aromatic N) is 1. The third kappa shape index (κ3) is 2.95. The Kier molecular flexibility index (Phi) is 3.77. The van der Waals surface area contributed by atoms with Crippen LogP contribution < -0.4 is 4.72 Å². The third-order valence-corrected chi connectivity index (χ3v) is 3.77. The molecule has 9 heteroatoms. The maximum absolute atomic E-state index is 11.3. The third-order valence-electron chi connectivity index (χ3n) is 2.38. The molecule has 106 valence electrons. The van der Waals surface area contributed by atoms with Gasteiger partial charge in [-0.05, 0) is 18.2 Å². The molecule has 0 atom stereocenters. The van der Waals surface area contributed by atoms with Gasteiger partial charge in [-0.15, -0.1) is 0 Å².